The Kier molecular flexibility index (Phi) is 1.76. The lowest BCUT2D eigenvalue weighted by Crippen LogP contribution is -2.06. The van der Waals surface area contributed by atoms with E-state index in [0.717, 1.165) is 5.02 Å². The molecule has 0 aromatic carbocycles. The number of rotatable bonds is 1. The molecule has 0 aliphatic heterocycles. The number of hydrogen-bond acceptors (Lipinski definition) is 2. The monoisotopic (exact) mass is 201 g/mol. The second kappa shape index (κ2) is 2.47. The molecule has 0 unspecified atom stereocenters. The van der Waals surface area contributed by atoms with Crippen LogP contribution in [0, 0.1) is 5.41 Å². The molecule has 1 heterocycles. The topological polar surface area (TPSA) is 26.0 Å². The Morgan fingerprint density at radius 1 is 1.58 bits per heavy atom. The van der Waals surface area contributed by atoms with Crippen LogP contribution < -0.4 is 5.73 Å². The third-order valence-electron chi connectivity index (χ3n) is 2.80. The van der Waals surface area contributed by atoms with Crippen molar-refractivity contribution >= 4 is 22.9 Å². The van der Waals surface area contributed by atoms with E-state index in [9.17, 15) is 0 Å². The lowest BCUT2D eigenvalue weighted by molar-refractivity contribution is 0.601. The predicted octanol–water partition coefficient (Wildman–Crippen LogP) is 2.85. The van der Waals surface area contributed by atoms with Crippen LogP contribution in [0.3, 0.4) is 0 Å². The summed E-state index contributed by atoms with van der Waals surface area (Å²) in [5, 5.41) is 2.81. The van der Waals surface area contributed by atoms with Crippen molar-refractivity contribution < 1.29 is 0 Å². The van der Waals surface area contributed by atoms with Gasteiger partial charge in [-0.25, -0.2) is 0 Å². The van der Waals surface area contributed by atoms with E-state index in [1.54, 1.807) is 11.3 Å². The van der Waals surface area contributed by atoms with Gasteiger partial charge in [0.25, 0.3) is 0 Å². The zero-order chi connectivity index (χ0) is 8.93. The summed E-state index contributed by atoms with van der Waals surface area (Å²) in [6, 6.07) is 2.35. The van der Waals surface area contributed by atoms with E-state index in [4.69, 9.17) is 17.3 Å². The maximum absolute atomic E-state index is 5.95. The third-order valence-corrected chi connectivity index (χ3v) is 4.17. The van der Waals surface area contributed by atoms with Gasteiger partial charge in [0.1, 0.15) is 0 Å². The highest BCUT2D eigenvalue weighted by molar-refractivity contribution is 7.10. The summed E-state index contributed by atoms with van der Waals surface area (Å²) >= 11 is 7.56. The molecule has 0 bridgehead atoms. The van der Waals surface area contributed by atoms with Gasteiger partial charge in [-0.05, 0) is 11.5 Å². The normalized spacial score (nSPS) is 32.0. The van der Waals surface area contributed by atoms with Crippen molar-refractivity contribution in [3.8, 4) is 0 Å². The van der Waals surface area contributed by atoms with Gasteiger partial charge in [-0.15, -0.1) is 11.3 Å². The lowest BCUT2D eigenvalue weighted by atomic mass is 10.1. The van der Waals surface area contributed by atoms with Crippen LogP contribution in [0.2, 0.25) is 5.02 Å². The van der Waals surface area contributed by atoms with Gasteiger partial charge in [-0.2, -0.15) is 0 Å². The number of halogens is 1. The van der Waals surface area contributed by atoms with Gasteiger partial charge in [0.15, 0.2) is 0 Å². The van der Waals surface area contributed by atoms with Gasteiger partial charge in [0.2, 0.25) is 0 Å². The summed E-state index contributed by atoms with van der Waals surface area (Å²) in [4.78, 5) is 1.33. The van der Waals surface area contributed by atoms with Crippen molar-refractivity contribution in [2.75, 3.05) is 0 Å². The van der Waals surface area contributed by atoms with Crippen LogP contribution in [-0.2, 0) is 0 Å². The second-order valence-electron chi connectivity index (χ2n) is 3.99. The van der Waals surface area contributed by atoms with Crippen LogP contribution in [0.1, 0.15) is 24.6 Å². The average molecular weight is 202 g/mol. The Hall–Kier alpha value is -0.0500. The fourth-order valence-electron chi connectivity index (χ4n) is 1.71. The van der Waals surface area contributed by atoms with Gasteiger partial charge >= 0.3 is 0 Å². The molecule has 2 rings (SSSR count). The minimum absolute atomic E-state index is 0.272. The molecule has 1 saturated carbocycles. The first-order valence-electron chi connectivity index (χ1n) is 4.03. The standard InChI is InChI=1S/C9H12ClNS/c1-9(2)7(8(9)11)6-3-5(10)4-12-6/h3-4,7-8H,11H2,1-2H3/t7-,8-/m1/s1. The van der Waals surface area contributed by atoms with E-state index in [1.165, 1.54) is 4.88 Å². The molecule has 0 saturated heterocycles. The fraction of sp³-hybridized carbons (Fsp3) is 0.556. The minimum atomic E-state index is 0.272. The average Bonchev–Trinajstić information content (AvgIpc) is 2.38. The predicted molar refractivity (Wildman–Crippen MR) is 53.8 cm³/mol. The molecule has 0 radical (unpaired) electrons. The van der Waals surface area contributed by atoms with Crippen LogP contribution in [0.15, 0.2) is 11.4 Å². The SMILES string of the molecule is CC1(C)[C@H](N)[C@H]1c1cc(Cl)cs1. The van der Waals surface area contributed by atoms with E-state index < -0.39 is 0 Å². The third kappa shape index (κ3) is 1.10. The van der Waals surface area contributed by atoms with E-state index >= 15 is 0 Å². The molecular formula is C9H12ClNS. The molecule has 2 atom stereocenters. The summed E-state index contributed by atoms with van der Waals surface area (Å²) in [5.41, 5.74) is 6.22. The Morgan fingerprint density at radius 3 is 2.50 bits per heavy atom. The first kappa shape index (κ1) is 8.54. The van der Waals surface area contributed by atoms with Crippen molar-refractivity contribution in [3.63, 3.8) is 0 Å². The van der Waals surface area contributed by atoms with Gasteiger partial charge in [-0.3, -0.25) is 0 Å². The van der Waals surface area contributed by atoms with E-state index in [2.05, 4.69) is 13.8 Å². The highest BCUT2D eigenvalue weighted by atomic mass is 35.5. The van der Waals surface area contributed by atoms with Crippen molar-refractivity contribution in [2.24, 2.45) is 11.1 Å². The summed E-state index contributed by atoms with van der Waals surface area (Å²) in [5.74, 6) is 0.523. The quantitative estimate of drug-likeness (QED) is 0.743. The number of nitrogens with two attached hydrogens (primary N) is 1. The Bertz CT molecular complexity index is 305. The molecule has 1 fully saturated rings. The largest absolute Gasteiger partial charge is 0.327 e. The first-order chi connectivity index (χ1) is 5.53. The van der Waals surface area contributed by atoms with Crippen LogP contribution >= 0.6 is 22.9 Å². The highest BCUT2D eigenvalue weighted by Crippen LogP contribution is 2.58. The van der Waals surface area contributed by atoms with Crippen molar-refractivity contribution in [3.05, 3.63) is 21.3 Å². The van der Waals surface area contributed by atoms with Crippen LogP contribution in [0.25, 0.3) is 0 Å². The first-order valence-corrected chi connectivity index (χ1v) is 5.29. The molecule has 0 amide bonds. The van der Waals surface area contributed by atoms with Crippen LogP contribution in [0.5, 0.6) is 0 Å². The summed E-state index contributed by atoms with van der Waals surface area (Å²) < 4.78 is 0. The van der Waals surface area contributed by atoms with E-state index in [0.29, 0.717) is 12.0 Å². The lowest BCUT2D eigenvalue weighted by Gasteiger charge is -1.97. The molecule has 1 aromatic rings. The van der Waals surface area contributed by atoms with Gasteiger partial charge in [-0.1, -0.05) is 25.4 Å². The molecule has 1 nitrogen and oxygen atoms in total. The van der Waals surface area contributed by atoms with Crippen LogP contribution in [-0.4, -0.2) is 6.04 Å². The Morgan fingerprint density at radius 2 is 2.17 bits per heavy atom. The smallest absolute Gasteiger partial charge is 0.0515 e. The fourth-order valence-corrected chi connectivity index (χ4v) is 3.14. The zero-order valence-electron chi connectivity index (χ0n) is 7.17. The van der Waals surface area contributed by atoms with Gasteiger partial charge in [0, 0.05) is 22.2 Å². The van der Waals surface area contributed by atoms with Crippen LogP contribution in [0.4, 0.5) is 0 Å². The molecular weight excluding hydrogens is 190 g/mol. The Balaban J connectivity index is 2.24. The zero-order valence-corrected chi connectivity index (χ0v) is 8.75. The molecule has 12 heavy (non-hydrogen) atoms. The van der Waals surface area contributed by atoms with Crippen molar-refractivity contribution in [1.82, 2.24) is 0 Å². The van der Waals surface area contributed by atoms with Gasteiger partial charge in [0.05, 0.1) is 5.02 Å². The molecule has 0 spiro atoms. The minimum Gasteiger partial charge on any atom is -0.327 e. The molecule has 1 aromatic heterocycles. The number of hydrogen-bond donors (Lipinski definition) is 1. The molecule has 1 aliphatic rings. The van der Waals surface area contributed by atoms with Crippen molar-refractivity contribution in [2.45, 2.75) is 25.8 Å². The molecule has 2 N–H and O–H groups in total. The maximum Gasteiger partial charge on any atom is 0.0515 e. The van der Waals surface area contributed by atoms with Crippen molar-refractivity contribution in [1.29, 1.82) is 0 Å². The second-order valence-corrected chi connectivity index (χ2v) is 5.37. The summed E-state index contributed by atoms with van der Waals surface area (Å²) in [7, 11) is 0. The highest BCUT2D eigenvalue weighted by Gasteiger charge is 2.56. The maximum atomic E-state index is 5.95. The molecule has 1 aliphatic carbocycles. The Labute approximate surface area is 81.5 Å². The molecule has 3 heteroatoms. The summed E-state index contributed by atoms with van der Waals surface area (Å²) in [6.45, 7) is 4.41. The molecule has 66 valence electrons. The number of thiophene rings is 1. The van der Waals surface area contributed by atoms with E-state index in [1.807, 2.05) is 11.4 Å². The van der Waals surface area contributed by atoms with E-state index in [-0.39, 0.29) is 5.41 Å². The van der Waals surface area contributed by atoms with Gasteiger partial charge < -0.3 is 5.73 Å². The summed E-state index contributed by atoms with van der Waals surface area (Å²) in [6.07, 6.45) is 0.